The monoisotopic (exact) mass is 329 g/mol. The quantitative estimate of drug-likeness (QED) is 0.839. The van der Waals surface area contributed by atoms with E-state index in [0.717, 1.165) is 36.3 Å². The van der Waals surface area contributed by atoms with Gasteiger partial charge in [0, 0.05) is 12.3 Å². The summed E-state index contributed by atoms with van der Waals surface area (Å²) in [5.74, 6) is -0.239. The number of hydrogen-bond acceptors (Lipinski definition) is 5. The highest BCUT2D eigenvalue weighted by molar-refractivity contribution is 5.99. The van der Waals surface area contributed by atoms with E-state index >= 15 is 0 Å². The van der Waals surface area contributed by atoms with Crippen LogP contribution in [0.4, 0.5) is 5.69 Å². The first kappa shape index (κ1) is 15.1. The molecule has 2 aromatic rings. The standard InChI is InChI=1S/C17H19N3O4/c1-23-17(22)11-8-10(11)16(21)18-9-4-5-12-13(7-9)20-15(19-12)14-3-2-6-24-14/h4-5,7,10-11,14H,2-3,6,8H2,1H3,(H,18,21)(H,19,20)/t10-,11-,14+/m1/s1. The fraction of sp³-hybridized carbons (Fsp3) is 0.471. The molecule has 24 heavy (non-hydrogen) atoms. The summed E-state index contributed by atoms with van der Waals surface area (Å²) in [6.07, 6.45) is 2.60. The predicted octanol–water partition coefficient (Wildman–Crippen LogP) is 2.16. The number of carbonyl (C=O) groups excluding carboxylic acids is 2. The number of aromatic amines is 1. The third kappa shape index (κ3) is 2.75. The maximum absolute atomic E-state index is 12.2. The van der Waals surface area contributed by atoms with Gasteiger partial charge in [-0.15, -0.1) is 0 Å². The number of fused-ring (bicyclic) bond motifs is 1. The highest BCUT2D eigenvalue weighted by Crippen LogP contribution is 2.40. The molecule has 0 bridgehead atoms. The van der Waals surface area contributed by atoms with Crippen LogP contribution < -0.4 is 5.32 Å². The summed E-state index contributed by atoms with van der Waals surface area (Å²) in [6.45, 7) is 0.770. The summed E-state index contributed by atoms with van der Waals surface area (Å²) < 4.78 is 10.3. The third-order valence-corrected chi connectivity index (χ3v) is 4.63. The van der Waals surface area contributed by atoms with Crippen LogP contribution in [-0.4, -0.2) is 35.6 Å². The molecule has 2 aliphatic rings. The van der Waals surface area contributed by atoms with E-state index in [4.69, 9.17) is 4.74 Å². The Morgan fingerprint density at radius 3 is 3.00 bits per heavy atom. The Balaban J connectivity index is 1.47. The lowest BCUT2D eigenvalue weighted by Crippen LogP contribution is -2.17. The van der Waals surface area contributed by atoms with Gasteiger partial charge in [-0.1, -0.05) is 0 Å². The van der Waals surface area contributed by atoms with Gasteiger partial charge >= 0.3 is 5.97 Å². The van der Waals surface area contributed by atoms with Crippen molar-refractivity contribution in [2.45, 2.75) is 25.4 Å². The molecule has 1 amide bonds. The summed E-state index contributed by atoms with van der Waals surface area (Å²) in [5.41, 5.74) is 2.39. The summed E-state index contributed by atoms with van der Waals surface area (Å²) in [5, 5.41) is 2.86. The third-order valence-electron chi connectivity index (χ3n) is 4.63. The van der Waals surface area contributed by atoms with Crippen molar-refractivity contribution < 1.29 is 19.1 Å². The van der Waals surface area contributed by atoms with E-state index < -0.39 is 0 Å². The first-order valence-corrected chi connectivity index (χ1v) is 8.15. The van der Waals surface area contributed by atoms with Crippen LogP contribution in [0.5, 0.6) is 0 Å². The molecule has 0 radical (unpaired) electrons. The second-order valence-electron chi connectivity index (χ2n) is 6.32. The average molecular weight is 329 g/mol. The Kier molecular flexibility index (Phi) is 3.72. The van der Waals surface area contributed by atoms with E-state index in [1.807, 2.05) is 18.2 Å². The Bertz CT molecular complexity index is 794. The number of esters is 1. The fourth-order valence-corrected chi connectivity index (χ4v) is 3.18. The minimum absolute atomic E-state index is 0.0303. The average Bonchev–Trinajstić information content (AvgIpc) is 3.01. The molecule has 0 spiro atoms. The van der Waals surface area contributed by atoms with Crippen LogP contribution in [0.15, 0.2) is 18.2 Å². The molecule has 4 rings (SSSR count). The molecule has 2 heterocycles. The Labute approximate surface area is 138 Å². The van der Waals surface area contributed by atoms with Gasteiger partial charge in [-0.2, -0.15) is 0 Å². The van der Waals surface area contributed by atoms with E-state index in [9.17, 15) is 9.59 Å². The van der Waals surface area contributed by atoms with E-state index in [1.54, 1.807) is 0 Å². The van der Waals surface area contributed by atoms with Crippen LogP contribution in [-0.2, 0) is 19.1 Å². The number of nitrogens with zero attached hydrogens (tertiary/aromatic N) is 1. The van der Waals surface area contributed by atoms with E-state index in [2.05, 4.69) is 20.0 Å². The lowest BCUT2D eigenvalue weighted by molar-refractivity contribution is -0.143. The maximum Gasteiger partial charge on any atom is 0.309 e. The van der Waals surface area contributed by atoms with Crippen molar-refractivity contribution >= 4 is 28.6 Å². The van der Waals surface area contributed by atoms with Crippen LogP contribution in [0.1, 0.15) is 31.2 Å². The Morgan fingerprint density at radius 1 is 1.38 bits per heavy atom. The lowest BCUT2D eigenvalue weighted by Gasteiger charge is -2.04. The van der Waals surface area contributed by atoms with Crippen molar-refractivity contribution in [1.29, 1.82) is 0 Å². The largest absolute Gasteiger partial charge is 0.469 e. The number of hydrogen-bond donors (Lipinski definition) is 2. The Morgan fingerprint density at radius 2 is 2.25 bits per heavy atom. The number of amides is 1. The van der Waals surface area contributed by atoms with Gasteiger partial charge in [-0.05, 0) is 37.5 Å². The van der Waals surface area contributed by atoms with Crippen LogP contribution in [0, 0.1) is 11.8 Å². The van der Waals surface area contributed by atoms with Gasteiger partial charge in [0.15, 0.2) is 0 Å². The number of anilines is 1. The molecular formula is C17H19N3O4. The highest BCUT2D eigenvalue weighted by Gasteiger charge is 2.48. The highest BCUT2D eigenvalue weighted by atomic mass is 16.5. The van der Waals surface area contributed by atoms with Crippen molar-refractivity contribution in [2.75, 3.05) is 19.0 Å². The van der Waals surface area contributed by atoms with Gasteiger partial charge in [-0.25, -0.2) is 4.98 Å². The van der Waals surface area contributed by atoms with E-state index in [-0.39, 0.29) is 29.8 Å². The van der Waals surface area contributed by atoms with Gasteiger partial charge in [0.2, 0.25) is 5.91 Å². The number of methoxy groups -OCH3 is 1. The van der Waals surface area contributed by atoms with Gasteiger partial charge in [0.1, 0.15) is 11.9 Å². The lowest BCUT2D eigenvalue weighted by atomic mass is 10.2. The molecule has 1 saturated heterocycles. The summed E-state index contributed by atoms with van der Waals surface area (Å²) in [4.78, 5) is 31.4. The molecule has 1 aromatic carbocycles. The molecular weight excluding hydrogens is 310 g/mol. The van der Waals surface area contributed by atoms with Crippen molar-refractivity contribution in [3.8, 4) is 0 Å². The zero-order chi connectivity index (χ0) is 16.7. The van der Waals surface area contributed by atoms with Crippen LogP contribution in [0.2, 0.25) is 0 Å². The van der Waals surface area contributed by atoms with Crippen molar-refractivity contribution in [3.63, 3.8) is 0 Å². The van der Waals surface area contributed by atoms with Crippen LogP contribution >= 0.6 is 0 Å². The first-order valence-electron chi connectivity index (χ1n) is 8.15. The van der Waals surface area contributed by atoms with Crippen LogP contribution in [0.25, 0.3) is 11.0 Å². The molecule has 126 valence electrons. The second kappa shape index (κ2) is 5.90. The molecule has 2 fully saturated rings. The molecule has 1 saturated carbocycles. The van der Waals surface area contributed by atoms with Crippen molar-refractivity contribution in [2.24, 2.45) is 11.8 Å². The zero-order valence-corrected chi connectivity index (χ0v) is 13.4. The van der Waals surface area contributed by atoms with E-state index in [0.29, 0.717) is 12.1 Å². The second-order valence-corrected chi connectivity index (χ2v) is 6.32. The van der Waals surface area contributed by atoms with Gasteiger partial charge in [0.25, 0.3) is 0 Å². The van der Waals surface area contributed by atoms with Crippen molar-refractivity contribution in [3.05, 3.63) is 24.0 Å². The van der Waals surface area contributed by atoms with Gasteiger partial charge in [0.05, 0.1) is 30.0 Å². The maximum atomic E-state index is 12.2. The molecule has 1 aliphatic heterocycles. The molecule has 2 N–H and O–H groups in total. The molecule has 0 unspecified atom stereocenters. The summed E-state index contributed by atoms with van der Waals surface area (Å²) in [6, 6.07) is 5.54. The molecule has 7 nitrogen and oxygen atoms in total. The molecule has 1 aliphatic carbocycles. The smallest absolute Gasteiger partial charge is 0.309 e. The topological polar surface area (TPSA) is 93.3 Å². The normalized spacial score (nSPS) is 25.6. The number of rotatable bonds is 4. The van der Waals surface area contributed by atoms with Crippen LogP contribution in [0.3, 0.4) is 0 Å². The molecule has 1 aromatic heterocycles. The zero-order valence-electron chi connectivity index (χ0n) is 13.4. The summed E-state index contributed by atoms with van der Waals surface area (Å²) in [7, 11) is 1.34. The number of carbonyl (C=O) groups is 2. The number of H-pyrrole nitrogens is 1. The van der Waals surface area contributed by atoms with E-state index in [1.165, 1.54) is 7.11 Å². The predicted molar refractivity (Wildman–Crippen MR) is 86.3 cm³/mol. The first-order chi connectivity index (χ1) is 11.7. The van der Waals surface area contributed by atoms with Gasteiger partial charge in [-0.3, -0.25) is 9.59 Å². The number of nitrogens with one attached hydrogen (secondary N) is 2. The minimum atomic E-state index is -0.319. The number of benzene rings is 1. The fourth-order valence-electron chi connectivity index (χ4n) is 3.18. The Hall–Kier alpha value is -2.41. The number of imidazole rings is 1. The molecule has 3 atom stereocenters. The molecule has 7 heteroatoms. The summed E-state index contributed by atoms with van der Waals surface area (Å²) >= 11 is 0. The SMILES string of the molecule is COC(=O)[C@@H]1C[C@H]1C(=O)Nc1ccc2nc([C@@H]3CCCO3)[nH]c2c1. The van der Waals surface area contributed by atoms with Crippen molar-refractivity contribution in [1.82, 2.24) is 9.97 Å². The number of ether oxygens (including phenoxy) is 2. The van der Waals surface area contributed by atoms with Gasteiger partial charge < -0.3 is 19.8 Å². The number of aromatic nitrogens is 2. The minimum Gasteiger partial charge on any atom is -0.469 e.